The predicted molar refractivity (Wildman–Crippen MR) is 65.0 cm³/mol. The summed E-state index contributed by atoms with van der Waals surface area (Å²) >= 11 is 3.33. The van der Waals surface area contributed by atoms with Crippen LogP contribution in [0.3, 0.4) is 0 Å². The minimum Gasteiger partial charge on any atom is -0.292 e. The number of pyridine rings is 1. The van der Waals surface area contributed by atoms with Crippen molar-refractivity contribution in [3.05, 3.63) is 28.5 Å². The van der Waals surface area contributed by atoms with Crippen molar-refractivity contribution < 1.29 is 4.79 Å². The number of aromatic nitrogens is 1. The van der Waals surface area contributed by atoms with Gasteiger partial charge in [0.1, 0.15) is 5.69 Å². The minimum absolute atomic E-state index is 0.128. The molecule has 0 aliphatic carbocycles. The van der Waals surface area contributed by atoms with Gasteiger partial charge in [-0.2, -0.15) is 0 Å². The van der Waals surface area contributed by atoms with E-state index in [1.54, 1.807) is 6.20 Å². The third kappa shape index (κ3) is 4.12. The van der Waals surface area contributed by atoms with E-state index >= 15 is 0 Å². The highest BCUT2D eigenvalue weighted by Crippen LogP contribution is 2.16. The van der Waals surface area contributed by atoms with Gasteiger partial charge in [0.05, 0.1) is 0 Å². The van der Waals surface area contributed by atoms with Gasteiger partial charge in [-0.1, -0.05) is 20.3 Å². The molecule has 2 nitrogen and oxygen atoms in total. The molecule has 1 aromatic heterocycles. The lowest BCUT2D eigenvalue weighted by molar-refractivity contribution is 0.0972. The van der Waals surface area contributed by atoms with Crippen molar-refractivity contribution >= 4 is 21.7 Å². The van der Waals surface area contributed by atoms with Crippen LogP contribution in [0.1, 0.15) is 43.6 Å². The third-order valence-electron chi connectivity index (χ3n) is 2.21. The predicted octanol–water partition coefficient (Wildman–Crippen LogP) is 3.85. The van der Waals surface area contributed by atoms with Gasteiger partial charge < -0.3 is 0 Å². The Bertz CT molecular complexity index is 336. The van der Waals surface area contributed by atoms with Crippen molar-refractivity contribution in [3.8, 4) is 0 Å². The number of carbonyl (C=O) groups excluding carboxylic acids is 1. The number of ketones is 1. The Morgan fingerprint density at radius 1 is 1.53 bits per heavy atom. The number of carbonyl (C=O) groups is 1. The SMILES string of the molecule is CC(C)CCCC(=O)c1ncccc1Br. The molecule has 3 heteroatoms. The average molecular weight is 270 g/mol. The van der Waals surface area contributed by atoms with Crippen LogP contribution in [0, 0.1) is 5.92 Å². The molecular weight excluding hydrogens is 254 g/mol. The fourth-order valence-corrected chi connectivity index (χ4v) is 1.86. The van der Waals surface area contributed by atoms with Crippen molar-refractivity contribution in [3.63, 3.8) is 0 Å². The van der Waals surface area contributed by atoms with E-state index in [9.17, 15) is 4.79 Å². The maximum Gasteiger partial charge on any atom is 0.182 e. The number of hydrogen-bond acceptors (Lipinski definition) is 2. The van der Waals surface area contributed by atoms with Gasteiger partial charge >= 0.3 is 0 Å². The van der Waals surface area contributed by atoms with Gasteiger partial charge in [0, 0.05) is 17.1 Å². The van der Waals surface area contributed by atoms with E-state index in [1.165, 1.54) is 0 Å². The van der Waals surface area contributed by atoms with Gasteiger partial charge in [-0.15, -0.1) is 0 Å². The van der Waals surface area contributed by atoms with Crippen molar-refractivity contribution in [2.75, 3.05) is 0 Å². The second-order valence-electron chi connectivity index (χ2n) is 4.04. The van der Waals surface area contributed by atoms with E-state index in [1.807, 2.05) is 12.1 Å². The highest BCUT2D eigenvalue weighted by Gasteiger charge is 2.10. The van der Waals surface area contributed by atoms with Gasteiger partial charge in [0.2, 0.25) is 0 Å². The van der Waals surface area contributed by atoms with Crippen molar-refractivity contribution in [2.24, 2.45) is 5.92 Å². The molecule has 0 aliphatic heterocycles. The Hall–Kier alpha value is -0.700. The molecule has 0 bridgehead atoms. The third-order valence-corrected chi connectivity index (χ3v) is 2.85. The average Bonchev–Trinajstić information content (AvgIpc) is 2.17. The van der Waals surface area contributed by atoms with Crippen LogP contribution in [0.2, 0.25) is 0 Å². The first-order valence-corrected chi connectivity index (χ1v) is 6.04. The molecule has 0 saturated heterocycles. The van der Waals surface area contributed by atoms with Crippen LogP contribution in [-0.4, -0.2) is 10.8 Å². The first-order valence-electron chi connectivity index (χ1n) is 5.25. The lowest BCUT2D eigenvalue weighted by Crippen LogP contribution is -2.03. The molecule has 0 aliphatic rings. The molecule has 0 unspecified atom stereocenters. The summed E-state index contributed by atoms with van der Waals surface area (Å²) in [5.41, 5.74) is 0.557. The molecule has 0 saturated carbocycles. The number of halogens is 1. The van der Waals surface area contributed by atoms with Crippen LogP contribution in [0.25, 0.3) is 0 Å². The lowest BCUT2D eigenvalue weighted by atomic mass is 10.0. The van der Waals surface area contributed by atoms with Crippen LogP contribution in [0.5, 0.6) is 0 Å². The Labute approximate surface area is 99.2 Å². The molecule has 82 valence electrons. The molecule has 1 aromatic rings. The molecule has 0 aromatic carbocycles. The molecule has 0 N–H and O–H groups in total. The van der Waals surface area contributed by atoms with Gasteiger partial charge in [-0.05, 0) is 40.4 Å². The Morgan fingerprint density at radius 2 is 2.27 bits per heavy atom. The Kier molecular flexibility index (Phi) is 4.95. The van der Waals surface area contributed by atoms with Crippen molar-refractivity contribution in [1.29, 1.82) is 0 Å². The second kappa shape index (κ2) is 6.01. The molecule has 1 rings (SSSR count). The van der Waals surface area contributed by atoms with E-state index in [4.69, 9.17) is 0 Å². The minimum atomic E-state index is 0.128. The number of Topliss-reactive ketones (excluding diaryl/α,β-unsaturated/α-hetero) is 1. The van der Waals surface area contributed by atoms with Crippen LogP contribution in [0.15, 0.2) is 22.8 Å². The van der Waals surface area contributed by atoms with E-state index < -0.39 is 0 Å². The van der Waals surface area contributed by atoms with Gasteiger partial charge in [-0.25, -0.2) is 0 Å². The summed E-state index contributed by atoms with van der Waals surface area (Å²) in [4.78, 5) is 15.8. The molecule has 0 radical (unpaired) electrons. The van der Waals surface area contributed by atoms with E-state index in [-0.39, 0.29) is 5.78 Å². The number of hydrogen-bond donors (Lipinski definition) is 0. The molecule has 0 spiro atoms. The zero-order valence-corrected chi connectivity index (χ0v) is 10.8. The number of nitrogens with zero attached hydrogens (tertiary/aromatic N) is 1. The summed E-state index contributed by atoms with van der Waals surface area (Å²) in [6.45, 7) is 4.34. The largest absolute Gasteiger partial charge is 0.292 e. The second-order valence-corrected chi connectivity index (χ2v) is 4.90. The van der Waals surface area contributed by atoms with Crippen LogP contribution in [-0.2, 0) is 0 Å². The Morgan fingerprint density at radius 3 is 2.87 bits per heavy atom. The van der Waals surface area contributed by atoms with E-state index in [0.717, 1.165) is 17.3 Å². The van der Waals surface area contributed by atoms with Crippen LogP contribution < -0.4 is 0 Å². The van der Waals surface area contributed by atoms with Crippen LogP contribution >= 0.6 is 15.9 Å². The van der Waals surface area contributed by atoms with Gasteiger partial charge in [0.25, 0.3) is 0 Å². The lowest BCUT2D eigenvalue weighted by Gasteiger charge is -2.04. The summed E-state index contributed by atoms with van der Waals surface area (Å²) in [6.07, 6.45) is 4.28. The molecule has 0 fully saturated rings. The normalized spacial score (nSPS) is 10.7. The Balaban J connectivity index is 2.51. The van der Waals surface area contributed by atoms with E-state index in [2.05, 4.69) is 34.8 Å². The summed E-state index contributed by atoms with van der Waals surface area (Å²) in [5.74, 6) is 0.785. The van der Waals surface area contributed by atoms with Crippen LogP contribution in [0.4, 0.5) is 0 Å². The first-order chi connectivity index (χ1) is 7.11. The van der Waals surface area contributed by atoms with Crippen molar-refractivity contribution in [1.82, 2.24) is 4.98 Å². The smallest absolute Gasteiger partial charge is 0.182 e. The highest BCUT2D eigenvalue weighted by molar-refractivity contribution is 9.10. The fourth-order valence-electron chi connectivity index (χ4n) is 1.38. The molecule has 0 atom stereocenters. The monoisotopic (exact) mass is 269 g/mol. The summed E-state index contributed by atoms with van der Waals surface area (Å²) in [6, 6.07) is 3.66. The molecule has 1 heterocycles. The first kappa shape index (κ1) is 12.4. The van der Waals surface area contributed by atoms with Gasteiger partial charge in [-0.3, -0.25) is 9.78 Å². The molecular formula is C12H16BrNO. The zero-order valence-electron chi connectivity index (χ0n) is 9.16. The highest BCUT2D eigenvalue weighted by atomic mass is 79.9. The topological polar surface area (TPSA) is 30.0 Å². The fraction of sp³-hybridized carbons (Fsp3) is 0.500. The summed E-state index contributed by atoms with van der Waals surface area (Å²) in [7, 11) is 0. The quantitative estimate of drug-likeness (QED) is 0.760. The maximum atomic E-state index is 11.8. The van der Waals surface area contributed by atoms with E-state index in [0.29, 0.717) is 18.0 Å². The summed E-state index contributed by atoms with van der Waals surface area (Å²) in [5, 5.41) is 0. The molecule has 0 amide bonds. The zero-order chi connectivity index (χ0) is 11.3. The number of rotatable bonds is 5. The van der Waals surface area contributed by atoms with Crippen molar-refractivity contribution in [2.45, 2.75) is 33.1 Å². The maximum absolute atomic E-state index is 11.8. The summed E-state index contributed by atoms with van der Waals surface area (Å²) < 4.78 is 0.791. The standard InChI is InChI=1S/C12H16BrNO/c1-9(2)5-3-7-11(15)12-10(13)6-4-8-14-12/h4,6,8-9H,3,5,7H2,1-2H3. The van der Waals surface area contributed by atoms with Gasteiger partial charge in [0.15, 0.2) is 5.78 Å². The molecule has 15 heavy (non-hydrogen) atoms.